The quantitative estimate of drug-likeness (QED) is 0.545. The van der Waals surface area contributed by atoms with Gasteiger partial charge in [-0.2, -0.15) is 4.98 Å². The molecule has 0 aliphatic carbocycles. The monoisotopic (exact) mass is 369 g/mol. The zero-order chi connectivity index (χ0) is 17.9. The zero-order valence-corrected chi connectivity index (χ0v) is 14.7. The molecular weight excluding hydrogens is 354 g/mol. The van der Waals surface area contributed by atoms with Gasteiger partial charge in [0.05, 0.1) is 16.5 Å². The average Bonchev–Trinajstić information content (AvgIpc) is 3.39. The van der Waals surface area contributed by atoms with Crippen LogP contribution in [-0.4, -0.2) is 20.6 Å². The van der Waals surface area contributed by atoms with Crippen LogP contribution in [0.5, 0.6) is 0 Å². The lowest BCUT2D eigenvalue weighted by Crippen LogP contribution is -2.23. The predicted molar refractivity (Wildman–Crippen MR) is 94.8 cm³/mol. The van der Waals surface area contributed by atoms with E-state index in [0.717, 1.165) is 15.0 Å². The predicted octanol–water partition coefficient (Wildman–Crippen LogP) is 2.45. The van der Waals surface area contributed by atoms with Crippen molar-refractivity contribution in [2.24, 2.45) is 12.1 Å². The molecule has 0 saturated heterocycles. The van der Waals surface area contributed by atoms with Crippen LogP contribution in [0.4, 0.5) is 0 Å². The van der Waals surface area contributed by atoms with Gasteiger partial charge in [0.15, 0.2) is 5.76 Å². The maximum Gasteiger partial charge on any atom is 0.240 e. The third-order valence-electron chi connectivity index (χ3n) is 3.77. The van der Waals surface area contributed by atoms with Crippen molar-refractivity contribution in [3.63, 3.8) is 0 Å². The molecule has 0 saturated carbocycles. The Balaban J connectivity index is 1.39. The van der Waals surface area contributed by atoms with Crippen molar-refractivity contribution in [1.82, 2.24) is 20.1 Å². The Kier molecular flexibility index (Phi) is 4.36. The molecule has 4 aromatic rings. The van der Waals surface area contributed by atoms with Gasteiger partial charge in [0, 0.05) is 19.9 Å². The van der Waals surface area contributed by atoms with Crippen LogP contribution in [-0.2, 0) is 18.3 Å². The molecule has 8 nitrogen and oxygen atoms in total. The molecule has 0 bridgehead atoms. The molecule has 0 aliphatic heterocycles. The Labute approximate surface area is 151 Å². The number of nitrogens with one attached hydrogen (secondary N) is 1. The van der Waals surface area contributed by atoms with Gasteiger partial charge in [0.2, 0.25) is 22.4 Å². The van der Waals surface area contributed by atoms with E-state index in [9.17, 15) is 4.79 Å². The van der Waals surface area contributed by atoms with E-state index in [2.05, 4.69) is 20.7 Å². The molecule has 0 atom stereocenters. The Morgan fingerprint density at radius 3 is 3.00 bits per heavy atom. The van der Waals surface area contributed by atoms with Crippen LogP contribution in [0, 0.1) is 0 Å². The van der Waals surface area contributed by atoms with Gasteiger partial charge in [-0.3, -0.25) is 4.79 Å². The van der Waals surface area contributed by atoms with E-state index in [1.165, 1.54) is 17.6 Å². The lowest BCUT2D eigenvalue weighted by Gasteiger charge is -1.97. The summed E-state index contributed by atoms with van der Waals surface area (Å²) in [6.45, 7) is 0. The molecule has 0 spiro atoms. The minimum absolute atomic E-state index is 0.192. The number of hydrogen-bond acceptors (Lipinski definition) is 7. The number of fused-ring (bicyclic) bond motifs is 1. The molecule has 1 N–H and O–H groups in total. The molecule has 1 amide bonds. The van der Waals surface area contributed by atoms with Gasteiger partial charge in [0.1, 0.15) is 0 Å². The minimum Gasteiger partial charge on any atom is -0.461 e. The topological polar surface area (TPSA) is 98.5 Å². The second kappa shape index (κ2) is 6.96. The number of rotatable bonds is 5. The molecular formula is C17H15N5O3S. The maximum absolute atomic E-state index is 12.0. The normalized spacial score (nSPS) is 12.0. The number of furan rings is 1. The summed E-state index contributed by atoms with van der Waals surface area (Å²) < 4.78 is 13.4. The van der Waals surface area contributed by atoms with Gasteiger partial charge in [0.25, 0.3) is 0 Å². The average molecular weight is 369 g/mol. The Bertz CT molecular complexity index is 1110. The Hall–Kier alpha value is -3.20. The number of aryl methyl sites for hydroxylation is 2. The SMILES string of the molecule is Cn1/c(=N/NC(=O)CCc2nc(-c3ccco3)no2)sc2ccccc21. The number of carbonyl (C=O) groups excluding carboxylic acids is 1. The van der Waals surface area contributed by atoms with Gasteiger partial charge in [-0.15, -0.1) is 5.10 Å². The second-order valence-corrected chi connectivity index (χ2v) is 6.56. The lowest BCUT2D eigenvalue weighted by molar-refractivity contribution is -0.121. The Morgan fingerprint density at radius 1 is 1.31 bits per heavy atom. The maximum atomic E-state index is 12.0. The highest BCUT2D eigenvalue weighted by Crippen LogP contribution is 2.16. The number of thiazole rings is 1. The smallest absolute Gasteiger partial charge is 0.240 e. The summed E-state index contributed by atoms with van der Waals surface area (Å²) in [5.74, 6) is 1.04. The molecule has 1 aromatic carbocycles. The molecule has 4 rings (SSSR count). The van der Waals surface area contributed by atoms with Crippen molar-refractivity contribution in [1.29, 1.82) is 0 Å². The molecule has 132 valence electrons. The van der Waals surface area contributed by atoms with Gasteiger partial charge in [-0.1, -0.05) is 28.6 Å². The van der Waals surface area contributed by atoms with Gasteiger partial charge >= 0.3 is 0 Å². The number of carbonyl (C=O) groups is 1. The largest absolute Gasteiger partial charge is 0.461 e. The summed E-state index contributed by atoms with van der Waals surface area (Å²) in [7, 11) is 1.92. The van der Waals surface area contributed by atoms with E-state index >= 15 is 0 Å². The number of aromatic nitrogens is 3. The standard InChI is InChI=1S/C17H15N5O3S/c1-22-11-5-2-3-7-13(11)26-17(22)20-19-14(23)8-9-15-18-16(21-25-15)12-6-4-10-24-12/h2-7,10H,8-9H2,1H3,(H,19,23)/b20-17-. The fraction of sp³-hybridized carbons (Fsp3) is 0.176. The first-order valence-corrected chi connectivity index (χ1v) is 8.76. The van der Waals surface area contributed by atoms with Crippen molar-refractivity contribution in [3.05, 3.63) is 53.4 Å². The van der Waals surface area contributed by atoms with E-state index in [0.29, 0.717) is 23.9 Å². The lowest BCUT2D eigenvalue weighted by atomic mass is 10.3. The fourth-order valence-corrected chi connectivity index (χ4v) is 3.42. The van der Waals surface area contributed by atoms with Crippen molar-refractivity contribution in [3.8, 4) is 11.6 Å². The van der Waals surface area contributed by atoms with Crippen molar-refractivity contribution < 1.29 is 13.7 Å². The molecule has 3 aromatic heterocycles. The van der Waals surface area contributed by atoms with Crippen LogP contribution in [0.25, 0.3) is 21.8 Å². The van der Waals surface area contributed by atoms with E-state index in [1.807, 2.05) is 35.9 Å². The summed E-state index contributed by atoms with van der Waals surface area (Å²) in [5.41, 5.74) is 3.64. The molecule has 0 fully saturated rings. The van der Waals surface area contributed by atoms with Crippen molar-refractivity contribution >= 4 is 27.5 Å². The van der Waals surface area contributed by atoms with Gasteiger partial charge < -0.3 is 13.5 Å². The first-order chi connectivity index (χ1) is 12.7. The highest BCUT2D eigenvalue weighted by atomic mass is 32.1. The number of amides is 1. The molecule has 9 heteroatoms. The van der Waals surface area contributed by atoms with E-state index in [-0.39, 0.29) is 12.3 Å². The number of para-hydroxylation sites is 1. The van der Waals surface area contributed by atoms with Crippen LogP contribution in [0.3, 0.4) is 0 Å². The zero-order valence-electron chi connectivity index (χ0n) is 13.9. The first kappa shape index (κ1) is 16.3. The van der Waals surface area contributed by atoms with Crippen LogP contribution in [0.2, 0.25) is 0 Å². The number of benzene rings is 1. The molecule has 0 radical (unpaired) electrons. The molecule has 0 aliphatic rings. The van der Waals surface area contributed by atoms with Crippen molar-refractivity contribution in [2.45, 2.75) is 12.8 Å². The van der Waals surface area contributed by atoms with Crippen molar-refractivity contribution in [2.75, 3.05) is 0 Å². The van der Waals surface area contributed by atoms with Crippen LogP contribution in [0.15, 0.2) is 56.7 Å². The number of hydrogen-bond donors (Lipinski definition) is 1. The third kappa shape index (κ3) is 3.29. The second-order valence-electron chi connectivity index (χ2n) is 5.55. The minimum atomic E-state index is -0.222. The van der Waals surface area contributed by atoms with Gasteiger partial charge in [-0.25, -0.2) is 5.43 Å². The third-order valence-corrected chi connectivity index (χ3v) is 4.88. The Morgan fingerprint density at radius 2 is 2.19 bits per heavy atom. The van der Waals surface area contributed by atoms with E-state index in [4.69, 9.17) is 8.94 Å². The summed E-state index contributed by atoms with van der Waals surface area (Å²) in [4.78, 5) is 17.0. The van der Waals surface area contributed by atoms with Crippen LogP contribution >= 0.6 is 11.3 Å². The van der Waals surface area contributed by atoms with E-state index in [1.54, 1.807) is 12.1 Å². The summed E-state index contributed by atoms with van der Waals surface area (Å²) in [6.07, 6.45) is 2.06. The summed E-state index contributed by atoms with van der Waals surface area (Å²) in [6, 6.07) is 11.5. The molecule has 26 heavy (non-hydrogen) atoms. The van der Waals surface area contributed by atoms with Gasteiger partial charge in [-0.05, 0) is 24.3 Å². The summed E-state index contributed by atoms with van der Waals surface area (Å²) >= 11 is 1.51. The highest BCUT2D eigenvalue weighted by molar-refractivity contribution is 7.16. The first-order valence-electron chi connectivity index (χ1n) is 7.94. The molecule has 0 unspecified atom stereocenters. The summed E-state index contributed by atoms with van der Waals surface area (Å²) in [5, 5.41) is 8.03. The number of nitrogens with zero attached hydrogens (tertiary/aromatic N) is 4. The fourth-order valence-electron chi connectivity index (χ4n) is 2.44. The van der Waals surface area contributed by atoms with E-state index < -0.39 is 0 Å². The molecule has 3 heterocycles. The van der Waals surface area contributed by atoms with Crippen LogP contribution < -0.4 is 10.2 Å². The van der Waals surface area contributed by atoms with Crippen LogP contribution in [0.1, 0.15) is 12.3 Å². The highest BCUT2D eigenvalue weighted by Gasteiger charge is 2.12.